The van der Waals surface area contributed by atoms with E-state index in [1.165, 1.54) is 0 Å². The van der Waals surface area contributed by atoms with Crippen LogP contribution in [0.4, 0.5) is 5.69 Å². The molecule has 8 heteroatoms. The van der Waals surface area contributed by atoms with E-state index in [-0.39, 0.29) is 12.3 Å². The number of methoxy groups -OCH3 is 2. The summed E-state index contributed by atoms with van der Waals surface area (Å²) in [6, 6.07) is 18.6. The number of ether oxygens (including phenoxy) is 2. The Kier molecular flexibility index (Phi) is 7.06. The zero-order valence-corrected chi connectivity index (χ0v) is 19.8. The average molecular weight is 484 g/mol. The minimum Gasteiger partial charge on any atom is -0.493 e. The fraction of sp³-hybridized carbons (Fsp3) is 0.200. The first-order valence-electron chi connectivity index (χ1n) is 10.4. The SMILES string of the molecule is COc1ccc(NC(=O)CCn2c(Cc3ccc(Cl)cc3Cl)nc3ccccc32)cc1OC. The molecular weight excluding hydrogens is 461 g/mol. The van der Waals surface area contributed by atoms with Crippen LogP contribution in [0.25, 0.3) is 11.0 Å². The molecule has 4 aromatic rings. The number of halogens is 2. The first kappa shape index (κ1) is 23.0. The van der Waals surface area contributed by atoms with Gasteiger partial charge in [0.25, 0.3) is 0 Å². The highest BCUT2D eigenvalue weighted by molar-refractivity contribution is 6.35. The van der Waals surface area contributed by atoms with E-state index in [2.05, 4.69) is 9.88 Å². The number of aryl methyl sites for hydroxylation is 1. The Balaban J connectivity index is 1.53. The predicted molar refractivity (Wildman–Crippen MR) is 132 cm³/mol. The summed E-state index contributed by atoms with van der Waals surface area (Å²) in [6.07, 6.45) is 0.804. The van der Waals surface area contributed by atoms with Gasteiger partial charge < -0.3 is 19.4 Å². The number of aromatic nitrogens is 2. The van der Waals surface area contributed by atoms with Gasteiger partial charge in [-0.3, -0.25) is 4.79 Å². The van der Waals surface area contributed by atoms with Crippen molar-refractivity contribution in [1.82, 2.24) is 9.55 Å². The van der Waals surface area contributed by atoms with E-state index in [9.17, 15) is 4.79 Å². The van der Waals surface area contributed by atoms with Crippen molar-refractivity contribution in [1.29, 1.82) is 0 Å². The van der Waals surface area contributed by atoms with Crippen molar-refractivity contribution in [3.8, 4) is 11.5 Å². The Morgan fingerprint density at radius 3 is 2.55 bits per heavy atom. The van der Waals surface area contributed by atoms with Gasteiger partial charge in [0.05, 0.1) is 25.3 Å². The number of carbonyl (C=O) groups is 1. The van der Waals surface area contributed by atoms with Gasteiger partial charge in [-0.2, -0.15) is 0 Å². The molecule has 0 saturated carbocycles. The molecule has 0 saturated heterocycles. The zero-order valence-electron chi connectivity index (χ0n) is 18.3. The largest absolute Gasteiger partial charge is 0.493 e. The van der Waals surface area contributed by atoms with Gasteiger partial charge in [-0.1, -0.05) is 41.4 Å². The lowest BCUT2D eigenvalue weighted by molar-refractivity contribution is -0.116. The molecule has 0 aliphatic carbocycles. The molecule has 0 fully saturated rings. The summed E-state index contributed by atoms with van der Waals surface area (Å²) in [7, 11) is 3.13. The van der Waals surface area contributed by atoms with Gasteiger partial charge in [-0.05, 0) is 42.0 Å². The van der Waals surface area contributed by atoms with Gasteiger partial charge in [0.2, 0.25) is 5.91 Å². The summed E-state index contributed by atoms with van der Waals surface area (Å²) < 4.78 is 12.6. The van der Waals surface area contributed by atoms with Gasteiger partial charge in [0.1, 0.15) is 5.82 Å². The number of hydrogen-bond acceptors (Lipinski definition) is 4. The van der Waals surface area contributed by atoms with Crippen LogP contribution < -0.4 is 14.8 Å². The molecule has 0 aliphatic heterocycles. The van der Waals surface area contributed by atoms with Crippen molar-refractivity contribution in [3.05, 3.63) is 82.1 Å². The molecule has 0 unspecified atom stereocenters. The fourth-order valence-corrected chi connectivity index (χ4v) is 4.17. The maximum Gasteiger partial charge on any atom is 0.226 e. The molecule has 0 atom stereocenters. The molecule has 0 radical (unpaired) electrons. The van der Waals surface area contributed by atoms with Crippen LogP contribution in [-0.2, 0) is 17.8 Å². The van der Waals surface area contributed by atoms with Crippen LogP contribution in [0.15, 0.2) is 60.7 Å². The van der Waals surface area contributed by atoms with Crippen molar-refractivity contribution < 1.29 is 14.3 Å². The normalized spacial score (nSPS) is 10.9. The third kappa shape index (κ3) is 5.24. The van der Waals surface area contributed by atoms with Crippen LogP contribution in [0.1, 0.15) is 17.8 Å². The van der Waals surface area contributed by atoms with Gasteiger partial charge in [0, 0.05) is 41.2 Å². The lowest BCUT2D eigenvalue weighted by Gasteiger charge is -2.12. The molecule has 1 aromatic heterocycles. The van der Waals surface area contributed by atoms with E-state index in [1.807, 2.05) is 36.4 Å². The second kappa shape index (κ2) is 10.1. The number of para-hydroxylation sites is 2. The zero-order chi connectivity index (χ0) is 23.4. The minimum atomic E-state index is -0.115. The number of imidazole rings is 1. The number of rotatable bonds is 8. The van der Waals surface area contributed by atoms with E-state index in [0.717, 1.165) is 22.4 Å². The summed E-state index contributed by atoms with van der Waals surface area (Å²) in [5, 5.41) is 4.10. The maximum absolute atomic E-state index is 12.7. The predicted octanol–water partition coefficient (Wildman–Crippen LogP) is 5.98. The molecule has 0 spiro atoms. The first-order chi connectivity index (χ1) is 16.0. The van der Waals surface area contributed by atoms with Gasteiger partial charge >= 0.3 is 0 Å². The second-order valence-electron chi connectivity index (χ2n) is 7.45. The number of carbonyl (C=O) groups excluding carboxylic acids is 1. The second-order valence-corrected chi connectivity index (χ2v) is 8.29. The lowest BCUT2D eigenvalue weighted by Crippen LogP contribution is -2.16. The van der Waals surface area contributed by atoms with Gasteiger partial charge in [-0.15, -0.1) is 0 Å². The topological polar surface area (TPSA) is 65.4 Å². The molecule has 0 aliphatic rings. The summed E-state index contributed by atoms with van der Waals surface area (Å²) in [6.45, 7) is 0.472. The van der Waals surface area contributed by atoms with Crippen LogP contribution in [0, 0.1) is 0 Å². The molecule has 1 N–H and O–H groups in total. The number of nitrogens with one attached hydrogen (secondary N) is 1. The summed E-state index contributed by atoms with van der Waals surface area (Å²) in [5.41, 5.74) is 3.41. The Bertz CT molecular complexity index is 1300. The van der Waals surface area contributed by atoms with E-state index >= 15 is 0 Å². The van der Waals surface area contributed by atoms with E-state index < -0.39 is 0 Å². The van der Waals surface area contributed by atoms with Crippen molar-refractivity contribution in [2.24, 2.45) is 0 Å². The van der Waals surface area contributed by atoms with Gasteiger partial charge in [0.15, 0.2) is 11.5 Å². The standard InChI is InChI=1S/C25H23Cl2N3O3/c1-32-22-10-9-18(15-23(22)33-2)28-25(31)11-12-30-21-6-4-3-5-20(21)29-24(30)13-16-7-8-17(26)14-19(16)27/h3-10,14-15H,11-13H2,1-2H3,(H,28,31). The number of amides is 1. The highest BCUT2D eigenvalue weighted by atomic mass is 35.5. The Morgan fingerprint density at radius 2 is 1.79 bits per heavy atom. The van der Waals surface area contributed by atoms with Crippen LogP contribution in [0.2, 0.25) is 10.0 Å². The molecule has 170 valence electrons. The molecular formula is C25H23Cl2N3O3. The van der Waals surface area contributed by atoms with E-state index in [0.29, 0.717) is 40.2 Å². The number of benzene rings is 3. The number of fused-ring (bicyclic) bond motifs is 1. The molecule has 6 nitrogen and oxygen atoms in total. The molecule has 1 amide bonds. The quantitative estimate of drug-likeness (QED) is 0.334. The van der Waals surface area contributed by atoms with Crippen LogP contribution in [-0.4, -0.2) is 29.7 Å². The smallest absolute Gasteiger partial charge is 0.226 e. The Hall–Kier alpha value is -3.22. The van der Waals surface area contributed by atoms with Crippen molar-refractivity contribution in [3.63, 3.8) is 0 Å². The molecule has 33 heavy (non-hydrogen) atoms. The fourth-order valence-electron chi connectivity index (χ4n) is 3.70. The first-order valence-corrected chi connectivity index (χ1v) is 11.1. The van der Waals surface area contributed by atoms with Crippen molar-refractivity contribution >= 4 is 45.8 Å². The maximum atomic E-state index is 12.7. The summed E-state index contributed by atoms with van der Waals surface area (Å²) >= 11 is 12.4. The van der Waals surface area contributed by atoms with E-state index in [4.69, 9.17) is 37.7 Å². The number of nitrogens with zero attached hydrogens (tertiary/aromatic N) is 2. The molecule has 0 bridgehead atoms. The average Bonchev–Trinajstić information content (AvgIpc) is 3.16. The van der Waals surface area contributed by atoms with Crippen molar-refractivity contribution in [2.75, 3.05) is 19.5 Å². The van der Waals surface area contributed by atoms with Crippen molar-refractivity contribution in [2.45, 2.75) is 19.4 Å². The lowest BCUT2D eigenvalue weighted by atomic mass is 10.1. The monoisotopic (exact) mass is 483 g/mol. The molecule has 3 aromatic carbocycles. The highest BCUT2D eigenvalue weighted by Gasteiger charge is 2.15. The van der Waals surface area contributed by atoms with Crippen LogP contribution >= 0.6 is 23.2 Å². The summed E-state index contributed by atoms with van der Waals surface area (Å²) in [5.74, 6) is 1.87. The number of hydrogen-bond donors (Lipinski definition) is 1. The van der Waals surface area contributed by atoms with Crippen LogP contribution in [0.5, 0.6) is 11.5 Å². The number of anilines is 1. The summed E-state index contributed by atoms with van der Waals surface area (Å²) in [4.78, 5) is 17.5. The highest BCUT2D eigenvalue weighted by Crippen LogP contribution is 2.30. The minimum absolute atomic E-state index is 0.115. The third-order valence-electron chi connectivity index (χ3n) is 5.33. The molecule has 4 rings (SSSR count). The Labute approximate surface area is 202 Å². The van der Waals surface area contributed by atoms with E-state index in [1.54, 1.807) is 38.5 Å². The van der Waals surface area contributed by atoms with Gasteiger partial charge in [-0.25, -0.2) is 4.98 Å². The Morgan fingerprint density at radius 1 is 1.00 bits per heavy atom. The third-order valence-corrected chi connectivity index (χ3v) is 5.91. The molecule has 1 heterocycles. The van der Waals surface area contributed by atoms with Crippen LogP contribution in [0.3, 0.4) is 0 Å².